The second-order valence-corrected chi connectivity index (χ2v) is 4.79. The van der Waals surface area contributed by atoms with E-state index < -0.39 is 0 Å². The van der Waals surface area contributed by atoms with Crippen LogP contribution in [0.4, 0.5) is 0 Å². The lowest BCUT2D eigenvalue weighted by atomic mass is 10.2. The molecule has 1 unspecified atom stereocenters. The average molecular weight is 226 g/mol. The van der Waals surface area contributed by atoms with Gasteiger partial charge in [-0.2, -0.15) is 0 Å². The summed E-state index contributed by atoms with van der Waals surface area (Å²) < 4.78 is 5.17. The van der Waals surface area contributed by atoms with Crippen LogP contribution in [-0.2, 0) is 4.74 Å². The third-order valence-corrected chi connectivity index (χ3v) is 3.34. The van der Waals surface area contributed by atoms with Gasteiger partial charge in [-0.3, -0.25) is 0 Å². The maximum atomic E-state index is 11.4. The SMILES string of the molecule is CCCCCCCOC(=O)c1ccc[pH]1. The molecule has 0 spiro atoms. The van der Waals surface area contributed by atoms with Gasteiger partial charge in [0.05, 0.1) is 11.9 Å². The first-order valence-corrected chi connectivity index (χ1v) is 6.73. The Kier molecular flexibility index (Phi) is 6.18. The molecule has 0 radical (unpaired) electrons. The summed E-state index contributed by atoms with van der Waals surface area (Å²) in [4.78, 5) is 11.4. The molecule has 1 atom stereocenters. The van der Waals surface area contributed by atoms with Crippen LogP contribution < -0.4 is 0 Å². The molecule has 0 aromatic carbocycles. The van der Waals surface area contributed by atoms with Crippen molar-refractivity contribution < 1.29 is 9.53 Å². The summed E-state index contributed by atoms with van der Waals surface area (Å²) in [5, 5.41) is 0.809. The monoisotopic (exact) mass is 226 g/mol. The molecule has 15 heavy (non-hydrogen) atoms. The number of unbranched alkanes of at least 4 members (excludes halogenated alkanes) is 4. The van der Waals surface area contributed by atoms with Gasteiger partial charge in [-0.05, 0) is 18.3 Å². The standard InChI is InChI=1S/C12H19O2P/c1-2-3-4-5-6-9-14-12(13)11-8-7-10-15-11/h7-8,10,15H,2-6,9H2,1H3. The number of ether oxygens (including phenoxy) is 1. The Bertz CT molecular complexity index is 267. The minimum atomic E-state index is -0.131. The Morgan fingerprint density at radius 2 is 2.13 bits per heavy atom. The summed E-state index contributed by atoms with van der Waals surface area (Å²) in [6.07, 6.45) is 5.94. The zero-order valence-electron chi connectivity index (χ0n) is 9.29. The molecule has 0 saturated heterocycles. The maximum Gasteiger partial charge on any atom is 0.341 e. The number of hydrogen-bond acceptors (Lipinski definition) is 2. The van der Waals surface area contributed by atoms with Crippen molar-refractivity contribution in [3.8, 4) is 0 Å². The van der Waals surface area contributed by atoms with Gasteiger partial charge in [-0.15, -0.1) is 8.19 Å². The van der Waals surface area contributed by atoms with Crippen molar-refractivity contribution in [3.63, 3.8) is 0 Å². The van der Waals surface area contributed by atoms with Crippen molar-refractivity contribution in [1.82, 2.24) is 0 Å². The molecule has 1 heterocycles. The number of hydrogen-bond donors (Lipinski definition) is 0. The highest BCUT2D eigenvalue weighted by atomic mass is 31.0. The highest BCUT2D eigenvalue weighted by Crippen LogP contribution is 2.15. The summed E-state index contributed by atoms with van der Waals surface area (Å²) in [5.41, 5.74) is 0. The summed E-state index contributed by atoms with van der Waals surface area (Å²) in [7, 11) is 0.498. The smallest absolute Gasteiger partial charge is 0.341 e. The summed E-state index contributed by atoms with van der Waals surface area (Å²) >= 11 is 0. The first kappa shape index (κ1) is 12.3. The van der Waals surface area contributed by atoms with Gasteiger partial charge in [0.25, 0.3) is 0 Å². The number of carbonyl (C=O) groups excluding carboxylic acids is 1. The van der Waals surface area contributed by atoms with Crippen molar-refractivity contribution in [2.45, 2.75) is 39.0 Å². The molecule has 2 nitrogen and oxygen atoms in total. The van der Waals surface area contributed by atoms with Crippen LogP contribution in [-0.4, -0.2) is 12.6 Å². The normalized spacial score (nSPS) is 10.7. The van der Waals surface area contributed by atoms with E-state index in [1.165, 1.54) is 25.7 Å². The molecule has 3 heteroatoms. The highest BCUT2D eigenvalue weighted by Gasteiger charge is 2.05. The molecule has 0 N–H and O–H groups in total. The number of carbonyl (C=O) groups is 1. The van der Waals surface area contributed by atoms with Crippen LogP contribution in [0.1, 0.15) is 49.1 Å². The molecular weight excluding hydrogens is 207 g/mol. The van der Waals surface area contributed by atoms with Gasteiger partial charge in [-0.25, -0.2) is 4.79 Å². The maximum absolute atomic E-state index is 11.4. The van der Waals surface area contributed by atoms with Gasteiger partial charge in [0.2, 0.25) is 0 Å². The molecule has 0 bridgehead atoms. The van der Waals surface area contributed by atoms with Crippen LogP contribution in [0.25, 0.3) is 0 Å². The van der Waals surface area contributed by atoms with Crippen LogP contribution in [0.3, 0.4) is 0 Å². The molecule has 0 amide bonds. The Morgan fingerprint density at radius 1 is 1.33 bits per heavy atom. The fraction of sp³-hybridized carbons (Fsp3) is 0.583. The average Bonchev–Trinajstić information content (AvgIpc) is 2.76. The van der Waals surface area contributed by atoms with E-state index >= 15 is 0 Å². The Hall–Kier alpha value is -0.750. The lowest BCUT2D eigenvalue weighted by molar-refractivity contribution is 0.0503. The highest BCUT2D eigenvalue weighted by molar-refractivity contribution is 7.31. The Balaban J connectivity index is 2.03. The third kappa shape index (κ3) is 5.03. The van der Waals surface area contributed by atoms with Gasteiger partial charge < -0.3 is 4.74 Å². The Morgan fingerprint density at radius 3 is 2.80 bits per heavy atom. The minimum absolute atomic E-state index is 0.131. The molecule has 0 fully saturated rings. The number of rotatable bonds is 7. The van der Waals surface area contributed by atoms with E-state index in [-0.39, 0.29) is 5.97 Å². The van der Waals surface area contributed by atoms with E-state index in [0.717, 1.165) is 11.7 Å². The third-order valence-electron chi connectivity index (χ3n) is 2.30. The van der Waals surface area contributed by atoms with E-state index in [1.807, 2.05) is 17.9 Å². The largest absolute Gasteiger partial charge is 0.462 e. The predicted molar refractivity (Wildman–Crippen MR) is 65.0 cm³/mol. The van der Waals surface area contributed by atoms with Gasteiger partial charge in [0, 0.05) is 0 Å². The topological polar surface area (TPSA) is 26.3 Å². The molecule has 0 aliphatic rings. The minimum Gasteiger partial charge on any atom is -0.462 e. The van der Waals surface area contributed by atoms with Crippen molar-refractivity contribution in [2.75, 3.05) is 6.61 Å². The van der Waals surface area contributed by atoms with Gasteiger partial charge >= 0.3 is 5.97 Å². The molecule has 1 aromatic heterocycles. The number of esters is 1. The van der Waals surface area contributed by atoms with Gasteiger partial charge in [0.15, 0.2) is 0 Å². The lowest BCUT2D eigenvalue weighted by Crippen LogP contribution is -2.03. The van der Waals surface area contributed by atoms with Crippen LogP contribution in [0.5, 0.6) is 0 Å². The quantitative estimate of drug-likeness (QED) is 0.521. The molecular formula is C12H19O2P. The molecule has 0 aliphatic heterocycles. The van der Waals surface area contributed by atoms with Crippen LogP contribution in [0.2, 0.25) is 0 Å². The van der Waals surface area contributed by atoms with E-state index in [9.17, 15) is 4.79 Å². The summed E-state index contributed by atoms with van der Waals surface area (Å²) in [6.45, 7) is 2.77. The molecule has 1 aromatic rings. The van der Waals surface area contributed by atoms with Gasteiger partial charge in [-0.1, -0.05) is 38.7 Å². The van der Waals surface area contributed by atoms with Crippen LogP contribution in [0.15, 0.2) is 17.9 Å². The summed E-state index contributed by atoms with van der Waals surface area (Å²) in [5.74, 6) is 1.87. The van der Waals surface area contributed by atoms with Crippen molar-refractivity contribution >= 4 is 14.2 Å². The van der Waals surface area contributed by atoms with E-state index in [2.05, 4.69) is 6.92 Å². The van der Waals surface area contributed by atoms with Crippen molar-refractivity contribution in [2.24, 2.45) is 0 Å². The second-order valence-electron chi connectivity index (χ2n) is 3.63. The fourth-order valence-corrected chi connectivity index (χ4v) is 2.16. The van der Waals surface area contributed by atoms with E-state index in [4.69, 9.17) is 4.74 Å². The zero-order chi connectivity index (χ0) is 10.9. The summed E-state index contributed by atoms with van der Waals surface area (Å²) in [6, 6.07) is 3.76. The molecule has 0 saturated carbocycles. The molecule has 1 rings (SSSR count). The van der Waals surface area contributed by atoms with E-state index in [0.29, 0.717) is 14.8 Å². The van der Waals surface area contributed by atoms with Gasteiger partial charge in [0.1, 0.15) is 0 Å². The van der Waals surface area contributed by atoms with E-state index in [1.54, 1.807) is 0 Å². The predicted octanol–water partition coefficient (Wildman–Crippen LogP) is 3.85. The first-order valence-electron chi connectivity index (χ1n) is 5.65. The van der Waals surface area contributed by atoms with Crippen molar-refractivity contribution in [3.05, 3.63) is 23.2 Å². The van der Waals surface area contributed by atoms with Crippen LogP contribution in [0, 0.1) is 0 Å². The lowest BCUT2D eigenvalue weighted by Gasteiger charge is -2.02. The fourth-order valence-electron chi connectivity index (χ4n) is 1.41. The first-order chi connectivity index (χ1) is 7.34. The van der Waals surface area contributed by atoms with Crippen LogP contribution >= 0.6 is 8.19 Å². The second kappa shape index (κ2) is 7.53. The molecule has 0 aliphatic carbocycles. The van der Waals surface area contributed by atoms with Crippen molar-refractivity contribution in [1.29, 1.82) is 0 Å². The molecule has 84 valence electrons. The Labute approximate surface area is 93.1 Å². The zero-order valence-corrected chi connectivity index (χ0v) is 10.3.